The largest absolute Gasteiger partial charge is 0.420 e. The topological polar surface area (TPSA) is 64.9 Å². The van der Waals surface area contributed by atoms with Crippen molar-refractivity contribution < 1.29 is 4.42 Å². The summed E-state index contributed by atoms with van der Waals surface area (Å²) >= 11 is 1.79. The van der Waals surface area contributed by atoms with Crippen LogP contribution in [0, 0.1) is 6.92 Å². The van der Waals surface area contributed by atoms with E-state index in [1.807, 2.05) is 31.2 Å². The van der Waals surface area contributed by atoms with Gasteiger partial charge in [0.25, 0.3) is 0 Å². The minimum atomic E-state index is 0.513. The molecule has 1 atom stereocenters. The van der Waals surface area contributed by atoms with Crippen LogP contribution in [0.2, 0.25) is 0 Å². The van der Waals surface area contributed by atoms with E-state index >= 15 is 0 Å². The van der Waals surface area contributed by atoms with E-state index in [0.717, 1.165) is 17.7 Å². The van der Waals surface area contributed by atoms with Gasteiger partial charge in [0.2, 0.25) is 11.8 Å². The molecule has 2 N–H and O–H groups in total. The Labute approximate surface area is 117 Å². The van der Waals surface area contributed by atoms with Crippen molar-refractivity contribution in [2.45, 2.75) is 31.3 Å². The molecular formula is C14H19N3OS. The zero-order valence-corrected chi connectivity index (χ0v) is 12.1. The van der Waals surface area contributed by atoms with Gasteiger partial charge >= 0.3 is 0 Å². The van der Waals surface area contributed by atoms with Crippen LogP contribution in [-0.4, -0.2) is 22.0 Å². The number of benzene rings is 1. The number of rotatable bonds is 6. The lowest BCUT2D eigenvalue weighted by Crippen LogP contribution is -2.07. The quantitative estimate of drug-likeness (QED) is 0.879. The standard InChI is InChI=1S/C14H19N3OS/c1-10-4-3-5-12(8-10)14-17-16-13(18-14)9-19-11(2)6-7-15/h3-5,8,11H,6-7,9,15H2,1-2H3. The van der Waals surface area contributed by atoms with E-state index < -0.39 is 0 Å². The van der Waals surface area contributed by atoms with Crippen LogP contribution in [0.3, 0.4) is 0 Å². The minimum Gasteiger partial charge on any atom is -0.420 e. The van der Waals surface area contributed by atoms with Gasteiger partial charge in [-0.25, -0.2) is 0 Å². The summed E-state index contributed by atoms with van der Waals surface area (Å²) in [6.45, 7) is 4.92. The molecule has 5 heteroatoms. The number of nitrogens with zero attached hydrogens (tertiary/aromatic N) is 2. The van der Waals surface area contributed by atoms with Crippen molar-refractivity contribution in [3.05, 3.63) is 35.7 Å². The van der Waals surface area contributed by atoms with Crippen molar-refractivity contribution in [1.29, 1.82) is 0 Å². The van der Waals surface area contributed by atoms with Gasteiger partial charge in [0, 0.05) is 10.8 Å². The summed E-state index contributed by atoms with van der Waals surface area (Å²) in [6, 6.07) is 8.06. The van der Waals surface area contributed by atoms with Crippen LogP contribution in [0.5, 0.6) is 0 Å². The maximum absolute atomic E-state index is 5.68. The van der Waals surface area contributed by atoms with Gasteiger partial charge in [-0.15, -0.1) is 22.0 Å². The van der Waals surface area contributed by atoms with Gasteiger partial charge in [-0.3, -0.25) is 0 Å². The van der Waals surface area contributed by atoms with Gasteiger partial charge in [-0.2, -0.15) is 0 Å². The fourth-order valence-corrected chi connectivity index (χ4v) is 2.58. The third kappa shape index (κ3) is 4.08. The van der Waals surface area contributed by atoms with Gasteiger partial charge in [-0.05, 0) is 32.0 Å². The van der Waals surface area contributed by atoms with Crippen molar-refractivity contribution in [2.75, 3.05) is 6.54 Å². The highest BCUT2D eigenvalue weighted by atomic mass is 32.2. The lowest BCUT2D eigenvalue weighted by Gasteiger charge is -2.06. The van der Waals surface area contributed by atoms with Gasteiger partial charge in [0.05, 0.1) is 5.75 Å². The Morgan fingerprint density at radius 2 is 2.21 bits per heavy atom. The maximum atomic E-state index is 5.68. The predicted molar refractivity (Wildman–Crippen MR) is 78.9 cm³/mol. The predicted octanol–water partition coefficient (Wildman–Crippen LogP) is 3.02. The molecule has 2 aromatic rings. The molecule has 0 saturated carbocycles. The number of nitrogens with two attached hydrogens (primary N) is 1. The number of aryl methyl sites for hydroxylation is 1. The zero-order valence-electron chi connectivity index (χ0n) is 11.3. The average Bonchev–Trinajstić information content (AvgIpc) is 2.85. The van der Waals surface area contributed by atoms with E-state index in [1.54, 1.807) is 11.8 Å². The molecule has 102 valence electrons. The summed E-state index contributed by atoms with van der Waals surface area (Å²) in [6.07, 6.45) is 1.00. The van der Waals surface area contributed by atoms with E-state index in [0.29, 0.717) is 23.6 Å². The van der Waals surface area contributed by atoms with Crippen LogP contribution < -0.4 is 5.73 Å². The zero-order chi connectivity index (χ0) is 13.7. The van der Waals surface area contributed by atoms with E-state index in [-0.39, 0.29) is 0 Å². The van der Waals surface area contributed by atoms with Gasteiger partial charge in [-0.1, -0.05) is 24.6 Å². The minimum absolute atomic E-state index is 0.513. The Morgan fingerprint density at radius 3 is 2.95 bits per heavy atom. The van der Waals surface area contributed by atoms with Crippen molar-refractivity contribution in [3.63, 3.8) is 0 Å². The van der Waals surface area contributed by atoms with Crippen LogP contribution in [0.1, 0.15) is 24.8 Å². The summed E-state index contributed by atoms with van der Waals surface area (Å²) in [4.78, 5) is 0. The molecule has 4 nitrogen and oxygen atoms in total. The first kappa shape index (κ1) is 14.1. The Morgan fingerprint density at radius 1 is 1.37 bits per heavy atom. The highest BCUT2D eigenvalue weighted by molar-refractivity contribution is 7.99. The summed E-state index contributed by atoms with van der Waals surface area (Å²) in [5, 5.41) is 8.70. The molecule has 1 heterocycles. The second-order valence-electron chi connectivity index (χ2n) is 4.57. The van der Waals surface area contributed by atoms with Gasteiger partial charge < -0.3 is 10.2 Å². The second kappa shape index (κ2) is 6.73. The van der Waals surface area contributed by atoms with Crippen LogP contribution in [0.15, 0.2) is 28.7 Å². The lowest BCUT2D eigenvalue weighted by molar-refractivity contribution is 0.528. The molecule has 0 radical (unpaired) electrons. The highest BCUT2D eigenvalue weighted by Gasteiger charge is 2.10. The number of thioether (sulfide) groups is 1. The monoisotopic (exact) mass is 277 g/mol. The highest BCUT2D eigenvalue weighted by Crippen LogP contribution is 2.23. The Bertz CT molecular complexity index is 527. The molecule has 0 amide bonds. The first-order chi connectivity index (χ1) is 9.19. The van der Waals surface area contributed by atoms with E-state index in [4.69, 9.17) is 10.2 Å². The molecule has 0 fully saturated rings. The van der Waals surface area contributed by atoms with Crippen LogP contribution in [-0.2, 0) is 5.75 Å². The smallest absolute Gasteiger partial charge is 0.247 e. The fourth-order valence-electron chi connectivity index (χ4n) is 1.74. The van der Waals surface area contributed by atoms with Crippen LogP contribution in [0.4, 0.5) is 0 Å². The average molecular weight is 277 g/mol. The molecule has 19 heavy (non-hydrogen) atoms. The molecule has 0 bridgehead atoms. The number of hydrogen-bond acceptors (Lipinski definition) is 5. The molecule has 1 aromatic heterocycles. The normalized spacial score (nSPS) is 12.6. The van der Waals surface area contributed by atoms with E-state index in [9.17, 15) is 0 Å². The molecule has 0 aliphatic heterocycles. The summed E-state index contributed by atoms with van der Waals surface area (Å²) in [5.41, 5.74) is 7.68. The van der Waals surface area contributed by atoms with Crippen molar-refractivity contribution in [3.8, 4) is 11.5 Å². The molecule has 0 saturated heterocycles. The summed E-state index contributed by atoms with van der Waals surface area (Å²) in [5.74, 6) is 2.00. The third-order valence-electron chi connectivity index (χ3n) is 2.80. The molecule has 0 aliphatic rings. The van der Waals surface area contributed by atoms with Crippen molar-refractivity contribution in [1.82, 2.24) is 10.2 Å². The number of aromatic nitrogens is 2. The Hall–Kier alpha value is -1.33. The van der Waals surface area contributed by atoms with Crippen molar-refractivity contribution >= 4 is 11.8 Å². The molecule has 1 unspecified atom stereocenters. The SMILES string of the molecule is Cc1cccc(-c2nnc(CSC(C)CCN)o2)c1. The van der Waals surface area contributed by atoms with Crippen LogP contribution >= 0.6 is 11.8 Å². The van der Waals surface area contributed by atoms with E-state index in [2.05, 4.69) is 17.1 Å². The lowest BCUT2D eigenvalue weighted by atomic mass is 10.1. The third-order valence-corrected chi connectivity index (χ3v) is 4.01. The van der Waals surface area contributed by atoms with Crippen molar-refractivity contribution in [2.24, 2.45) is 5.73 Å². The summed E-state index contributed by atoms with van der Waals surface area (Å²) in [7, 11) is 0. The second-order valence-corrected chi connectivity index (χ2v) is 6.00. The van der Waals surface area contributed by atoms with E-state index in [1.165, 1.54) is 5.56 Å². The molecule has 0 aliphatic carbocycles. The first-order valence-electron chi connectivity index (χ1n) is 6.40. The first-order valence-corrected chi connectivity index (χ1v) is 7.45. The molecular weight excluding hydrogens is 258 g/mol. The molecule has 1 aromatic carbocycles. The Kier molecular flexibility index (Phi) is 4.99. The number of hydrogen-bond donors (Lipinski definition) is 1. The van der Waals surface area contributed by atoms with Crippen LogP contribution in [0.25, 0.3) is 11.5 Å². The Balaban J connectivity index is 1.99. The summed E-state index contributed by atoms with van der Waals surface area (Å²) < 4.78 is 5.68. The van der Waals surface area contributed by atoms with Gasteiger partial charge in [0.15, 0.2) is 0 Å². The molecule has 0 spiro atoms. The fraction of sp³-hybridized carbons (Fsp3) is 0.429. The molecule has 2 rings (SSSR count). The van der Waals surface area contributed by atoms with Gasteiger partial charge in [0.1, 0.15) is 0 Å². The maximum Gasteiger partial charge on any atom is 0.247 e.